The minimum absolute atomic E-state index is 0. The number of nitrogens with zero attached hydrogens (tertiary/aromatic N) is 2. The average Bonchev–Trinajstić information content (AvgIpc) is 2.57. The molecule has 92 valence electrons. The van der Waals surface area contributed by atoms with Crippen LogP contribution in [0.25, 0.3) is 0 Å². The van der Waals surface area contributed by atoms with Gasteiger partial charge in [0, 0.05) is 39.5 Å². The Bertz CT molecular complexity index is 343. The fourth-order valence-electron chi connectivity index (χ4n) is 1.91. The Hall–Kier alpha value is -0.560. The second-order valence-electron chi connectivity index (χ2n) is 3.98. The number of fused-ring (bicyclic) bond motifs is 1. The lowest BCUT2D eigenvalue weighted by Crippen LogP contribution is -2.39. The molecule has 1 aliphatic rings. The van der Waals surface area contributed by atoms with Crippen molar-refractivity contribution in [3.05, 3.63) is 17.3 Å². The maximum Gasteiger partial charge on any atom is 0.191 e. The third-order valence-corrected chi connectivity index (χ3v) is 2.65. The van der Waals surface area contributed by atoms with E-state index in [0.29, 0.717) is 13.1 Å². The van der Waals surface area contributed by atoms with Crippen LogP contribution in [0.1, 0.15) is 17.3 Å². The van der Waals surface area contributed by atoms with Crippen molar-refractivity contribution < 1.29 is 9.52 Å². The molecule has 1 aromatic heterocycles. The number of nitrogens with two attached hydrogens (primary N) is 1. The maximum absolute atomic E-state index is 9.45. The first-order chi connectivity index (χ1) is 7.19. The topological polar surface area (TPSA) is 75.5 Å². The van der Waals surface area contributed by atoms with Gasteiger partial charge in [-0.1, -0.05) is 0 Å². The maximum atomic E-state index is 9.45. The fraction of sp³-hybridized carbons (Fsp3) is 0.700. The molecule has 2 heterocycles. The van der Waals surface area contributed by atoms with Crippen LogP contribution in [0, 0.1) is 6.92 Å². The van der Waals surface area contributed by atoms with Gasteiger partial charge in [-0.2, -0.15) is 13.5 Å². The molecule has 0 bridgehead atoms. The molecule has 16 heavy (non-hydrogen) atoms. The summed E-state index contributed by atoms with van der Waals surface area (Å²) in [5.74, 6) is 1.72. The summed E-state index contributed by atoms with van der Waals surface area (Å²) in [5, 5.41) is 9.45. The average molecular weight is 245 g/mol. The summed E-state index contributed by atoms with van der Waals surface area (Å²) in [5.41, 5.74) is 6.38. The molecule has 0 radical (unpaired) electrons. The van der Waals surface area contributed by atoms with Crippen LogP contribution in [0.3, 0.4) is 0 Å². The van der Waals surface area contributed by atoms with Gasteiger partial charge in [0.15, 0.2) is 5.89 Å². The predicted octanol–water partition coefficient (Wildman–Crippen LogP) is -0.226. The van der Waals surface area contributed by atoms with Crippen molar-refractivity contribution in [1.82, 2.24) is 9.88 Å². The van der Waals surface area contributed by atoms with Gasteiger partial charge in [-0.15, -0.1) is 0 Å². The minimum Gasteiger partial charge on any atom is -0.446 e. The van der Waals surface area contributed by atoms with Crippen LogP contribution >= 0.6 is 13.5 Å². The van der Waals surface area contributed by atoms with E-state index in [2.05, 4.69) is 9.88 Å². The van der Waals surface area contributed by atoms with Crippen LogP contribution in [0.15, 0.2) is 4.42 Å². The molecule has 0 amide bonds. The lowest BCUT2D eigenvalue weighted by molar-refractivity contribution is 0.108. The van der Waals surface area contributed by atoms with Crippen LogP contribution < -0.4 is 5.73 Å². The highest BCUT2D eigenvalue weighted by molar-refractivity contribution is 7.59. The minimum atomic E-state index is -0.445. The smallest absolute Gasteiger partial charge is 0.191 e. The number of hydrogen-bond acceptors (Lipinski definition) is 5. The van der Waals surface area contributed by atoms with E-state index in [9.17, 15) is 5.11 Å². The highest BCUT2D eigenvalue weighted by atomic mass is 32.1. The van der Waals surface area contributed by atoms with Gasteiger partial charge in [0.05, 0.1) is 11.8 Å². The third kappa shape index (κ3) is 2.98. The molecule has 0 spiro atoms. The lowest BCUT2D eigenvalue weighted by atomic mass is 10.1. The molecule has 3 N–H and O–H groups in total. The number of aromatic nitrogens is 1. The molecule has 0 aliphatic carbocycles. The van der Waals surface area contributed by atoms with Crippen molar-refractivity contribution >= 4 is 13.5 Å². The number of rotatable bonds is 3. The molecule has 2 rings (SSSR count). The molecule has 0 saturated heterocycles. The zero-order valence-corrected chi connectivity index (χ0v) is 10.4. The van der Waals surface area contributed by atoms with E-state index >= 15 is 0 Å². The van der Waals surface area contributed by atoms with Gasteiger partial charge in [0.1, 0.15) is 5.76 Å². The highest BCUT2D eigenvalue weighted by Crippen LogP contribution is 2.19. The first-order valence-corrected chi connectivity index (χ1v) is 5.24. The van der Waals surface area contributed by atoms with Gasteiger partial charge in [0.25, 0.3) is 0 Å². The quantitative estimate of drug-likeness (QED) is 0.769. The second-order valence-corrected chi connectivity index (χ2v) is 3.98. The number of hydrogen-bond donors (Lipinski definition) is 2. The van der Waals surface area contributed by atoms with E-state index in [1.165, 1.54) is 0 Å². The Morgan fingerprint density at radius 2 is 2.38 bits per heavy atom. The lowest BCUT2D eigenvalue weighted by Gasteiger charge is -2.26. The van der Waals surface area contributed by atoms with Gasteiger partial charge >= 0.3 is 0 Å². The van der Waals surface area contributed by atoms with E-state index < -0.39 is 6.10 Å². The van der Waals surface area contributed by atoms with Crippen molar-refractivity contribution in [1.29, 1.82) is 0 Å². The van der Waals surface area contributed by atoms with E-state index in [1.54, 1.807) is 0 Å². The molecular weight excluding hydrogens is 226 g/mol. The van der Waals surface area contributed by atoms with E-state index in [4.69, 9.17) is 10.2 Å². The van der Waals surface area contributed by atoms with Crippen molar-refractivity contribution in [2.75, 3.05) is 19.6 Å². The Kier molecular flexibility index (Phi) is 4.79. The fourth-order valence-corrected chi connectivity index (χ4v) is 1.91. The summed E-state index contributed by atoms with van der Waals surface area (Å²) in [4.78, 5) is 6.47. The number of aryl methyl sites for hydroxylation is 1. The zero-order chi connectivity index (χ0) is 10.8. The van der Waals surface area contributed by atoms with Crippen LogP contribution in [0.4, 0.5) is 0 Å². The zero-order valence-electron chi connectivity index (χ0n) is 9.44. The van der Waals surface area contributed by atoms with Crippen molar-refractivity contribution in [2.45, 2.75) is 26.0 Å². The molecule has 5 nitrogen and oxygen atoms in total. The van der Waals surface area contributed by atoms with Gasteiger partial charge in [-0.3, -0.25) is 4.90 Å². The Labute approximate surface area is 102 Å². The summed E-state index contributed by atoms with van der Waals surface area (Å²) < 4.78 is 5.46. The summed E-state index contributed by atoms with van der Waals surface area (Å²) >= 11 is 0. The largest absolute Gasteiger partial charge is 0.446 e. The molecule has 1 aromatic rings. The normalized spacial score (nSPS) is 17.7. The van der Waals surface area contributed by atoms with E-state index in [0.717, 1.165) is 36.9 Å². The Balaban J connectivity index is 0.00000128. The molecule has 0 aromatic carbocycles. The van der Waals surface area contributed by atoms with Crippen LogP contribution in [0.2, 0.25) is 0 Å². The van der Waals surface area contributed by atoms with E-state index in [-0.39, 0.29) is 13.5 Å². The molecular formula is C10H19N3O2S. The summed E-state index contributed by atoms with van der Waals surface area (Å²) in [7, 11) is 0. The molecule has 0 unspecified atom stereocenters. The van der Waals surface area contributed by atoms with Crippen molar-refractivity contribution in [3.63, 3.8) is 0 Å². The number of aliphatic hydroxyl groups excluding tert-OH is 1. The van der Waals surface area contributed by atoms with Gasteiger partial charge in [-0.05, 0) is 0 Å². The van der Waals surface area contributed by atoms with Crippen LogP contribution in [-0.2, 0) is 13.0 Å². The number of aliphatic hydroxyl groups is 1. The standard InChI is InChI=1S/C10H17N3O2.H2S/c1-7-12-9-6-13(5-8(14)4-11)3-2-10(9)15-7;/h8,14H,2-6,11H2,1H3;1H2/t8-;/m0./s1. The van der Waals surface area contributed by atoms with Gasteiger partial charge in [-0.25, -0.2) is 4.98 Å². The second kappa shape index (κ2) is 5.67. The van der Waals surface area contributed by atoms with Crippen molar-refractivity contribution in [3.8, 4) is 0 Å². The highest BCUT2D eigenvalue weighted by Gasteiger charge is 2.22. The van der Waals surface area contributed by atoms with Crippen molar-refractivity contribution in [2.24, 2.45) is 5.73 Å². The predicted molar refractivity (Wildman–Crippen MR) is 65.7 cm³/mol. The summed E-state index contributed by atoms with van der Waals surface area (Å²) in [6.07, 6.45) is 0.424. The Morgan fingerprint density at radius 1 is 1.62 bits per heavy atom. The van der Waals surface area contributed by atoms with Gasteiger partial charge < -0.3 is 15.3 Å². The first kappa shape index (κ1) is 13.5. The SMILES string of the molecule is Cc1nc2c(o1)CCN(C[C@@H](O)CN)C2.S. The van der Waals surface area contributed by atoms with Crippen LogP contribution in [0.5, 0.6) is 0 Å². The molecule has 1 aliphatic heterocycles. The molecule has 6 heteroatoms. The first-order valence-electron chi connectivity index (χ1n) is 5.24. The molecule has 0 fully saturated rings. The monoisotopic (exact) mass is 245 g/mol. The van der Waals surface area contributed by atoms with Crippen LogP contribution in [-0.4, -0.2) is 40.7 Å². The summed E-state index contributed by atoms with van der Waals surface area (Å²) in [6.45, 7) is 4.43. The Morgan fingerprint density at radius 3 is 3.06 bits per heavy atom. The molecule has 0 saturated carbocycles. The van der Waals surface area contributed by atoms with Gasteiger partial charge in [0.2, 0.25) is 0 Å². The number of oxazole rings is 1. The van der Waals surface area contributed by atoms with E-state index in [1.807, 2.05) is 6.92 Å². The number of β-amino-alcohol motifs (C(OH)–C–C–N with tert-alkyl or cyclic N) is 1. The summed E-state index contributed by atoms with van der Waals surface area (Å²) in [6, 6.07) is 0. The third-order valence-electron chi connectivity index (χ3n) is 2.65. The molecule has 1 atom stereocenters.